The molecule has 0 aliphatic heterocycles. The quantitative estimate of drug-likeness (QED) is 0.398. The van der Waals surface area contributed by atoms with E-state index in [0.29, 0.717) is 0 Å². The number of aromatic amines is 1. The molecule has 1 rings (SSSR count). The van der Waals surface area contributed by atoms with Gasteiger partial charge in [-0.1, -0.05) is 0 Å². The maximum atomic E-state index is 11.1. The third-order valence-corrected chi connectivity index (χ3v) is 1.74. The van der Waals surface area contributed by atoms with Gasteiger partial charge in [-0.25, -0.2) is 4.98 Å². The van der Waals surface area contributed by atoms with Crippen molar-refractivity contribution >= 4 is 23.4 Å². The number of nitrogen functional groups attached to an aromatic ring is 1. The van der Waals surface area contributed by atoms with Gasteiger partial charge < -0.3 is 26.5 Å². The van der Waals surface area contributed by atoms with Crippen molar-refractivity contribution in [1.29, 1.82) is 0 Å². The predicted octanol–water partition coefficient (Wildman–Crippen LogP) is -2.04. The molecular formula is C8H11N5O4. The van der Waals surface area contributed by atoms with Crippen LogP contribution >= 0.6 is 0 Å². The summed E-state index contributed by atoms with van der Waals surface area (Å²) in [5.41, 5.74) is 4.74. The van der Waals surface area contributed by atoms with Crippen molar-refractivity contribution in [2.24, 2.45) is 0 Å². The summed E-state index contributed by atoms with van der Waals surface area (Å²) in [4.78, 5) is 38.3. The number of hydrogen-bond donors (Lipinski definition) is 5. The molecule has 0 atom stereocenters. The second kappa shape index (κ2) is 5.49. The number of aliphatic carboxylic acids is 1. The fourth-order valence-electron chi connectivity index (χ4n) is 0.952. The Hall–Kier alpha value is -2.58. The highest BCUT2D eigenvalue weighted by Gasteiger charge is 2.07. The lowest BCUT2D eigenvalue weighted by Crippen LogP contribution is -2.34. The van der Waals surface area contributed by atoms with Crippen molar-refractivity contribution in [2.45, 2.75) is 0 Å². The Morgan fingerprint density at radius 3 is 2.82 bits per heavy atom. The normalized spacial score (nSPS) is 9.65. The van der Waals surface area contributed by atoms with Crippen molar-refractivity contribution in [3.8, 4) is 0 Å². The first kappa shape index (κ1) is 12.5. The number of hydrogen-bond acceptors (Lipinski definition) is 6. The van der Waals surface area contributed by atoms with Crippen LogP contribution in [0.25, 0.3) is 0 Å². The average Bonchev–Trinajstić information content (AvgIpc) is 2.28. The summed E-state index contributed by atoms with van der Waals surface area (Å²) in [5.74, 6) is -1.62. The van der Waals surface area contributed by atoms with Crippen molar-refractivity contribution in [3.63, 3.8) is 0 Å². The fourth-order valence-corrected chi connectivity index (χ4v) is 0.952. The number of carbonyl (C=O) groups excluding carboxylic acids is 1. The minimum absolute atomic E-state index is 0.0687. The average molecular weight is 241 g/mol. The van der Waals surface area contributed by atoms with Crippen LogP contribution in [0.15, 0.2) is 11.1 Å². The lowest BCUT2D eigenvalue weighted by atomic mass is 10.4. The van der Waals surface area contributed by atoms with Crippen LogP contribution < -0.4 is 21.9 Å². The number of H-pyrrole nitrogens is 1. The molecule has 92 valence electrons. The monoisotopic (exact) mass is 241 g/mol. The summed E-state index contributed by atoms with van der Waals surface area (Å²) in [6.07, 6.45) is 1.14. The summed E-state index contributed by atoms with van der Waals surface area (Å²) < 4.78 is 0. The van der Waals surface area contributed by atoms with Gasteiger partial charge in [-0.3, -0.25) is 14.4 Å². The third kappa shape index (κ3) is 3.81. The summed E-state index contributed by atoms with van der Waals surface area (Å²) in [5, 5.41) is 13.0. The van der Waals surface area contributed by atoms with Crippen LogP contribution in [-0.4, -0.2) is 40.0 Å². The number of carbonyl (C=O) groups is 2. The molecule has 1 aromatic heterocycles. The van der Waals surface area contributed by atoms with Gasteiger partial charge in [-0.2, -0.15) is 0 Å². The highest BCUT2D eigenvalue weighted by Crippen LogP contribution is 2.05. The van der Waals surface area contributed by atoms with Crippen LogP contribution in [0, 0.1) is 0 Å². The fraction of sp³-hybridized carbons (Fsp3) is 0.250. The summed E-state index contributed by atoms with van der Waals surface area (Å²) >= 11 is 0. The maximum Gasteiger partial charge on any atom is 0.322 e. The third-order valence-electron chi connectivity index (χ3n) is 1.74. The number of anilines is 2. The Bertz CT molecular complexity index is 483. The second-order valence-electron chi connectivity index (χ2n) is 3.02. The maximum absolute atomic E-state index is 11.1. The number of aromatic nitrogens is 2. The zero-order valence-electron chi connectivity index (χ0n) is 8.69. The number of rotatable bonds is 5. The topological polar surface area (TPSA) is 150 Å². The summed E-state index contributed by atoms with van der Waals surface area (Å²) in [7, 11) is 0. The molecule has 0 fully saturated rings. The minimum atomic E-state index is -1.15. The van der Waals surface area contributed by atoms with E-state index in [9.17, 15) is 14.4 Å². The number of carboxylic acids is 1. The van der Waals surface area contributed by atoms with Crippen molar-refractivity contribution in [3.05, 3.63) is 16.7 Å². The molecule has 0 unspecified atom stereocenters. The molecule has 6 N–H and O–H groups in total. The summed E-state index contributed by atoms with van der Waals surface area (Å²) in [6.45, 7) is -0.702. The molecule has 0 bridgehead atoms. The Balaban J connectivity index is 2.50. The molecule has 1 heterocycles. The van der Waals surface area contributed by atoms with Gasteiger partial charge in [0.2, 0.25) is 5.91 Å². The molecule has 0 saturated heterocycles. The van der Waals surface area contributed by atoms with E-state index in [1.165, 1.54) is 0 Å². The van der Waals surface area contributed by atoms with Crippen LogP contribution in [0.1, 0.15) is 0 Å². The van der Waals surface area contributed by atoms with Crippen LogP contribution in [0.5, 0.6) is 0 Å². The molecule has 17 heavy (non-hydrogen) atoms. The Morgan fingerprint density at radius 2 is 2.18 bits per heavy atom. The molecule has 0 aliphatic rings. The smallest absolute Gasteiger partial charge is 0.322 e. The highest BCUT2D eigenvalue weighted by atomic mass is 16.4. The van der Waals surface area contributed by atoms with E-state index in [4.69, 9.17) is 10.8 Å². The molecule has 0 saturated carbocycles. The van der Waals surface area contributed by atoms with Crippen molar-refractivity contribution in [1.82, 2.24) is 15.3 Å². The Labute approximate surface area is 95.0 Å². The number of carboxylic acid groups (broad SMARTS) is 1. The first-order valence-electron chi connectivity index (χ1n) is 4.56. The van der Waals surface area contributed by atoms with Crippen LogP contribution in [-0.2, 0) is 9.59 Å². The van der Waals surface area contributed by atoms with E-state index in [1.54, 1.807) is 0 Å². The summed E-state index contributed by atoms with van der Waals surface area (Å²) in [6, 6.07) is 0. The largest absolute Gasteiger partial charge is 0.480 e. The minimum Gasteiger partial charge on any atom is -0.480 e. The molecular weight excluding hydrogens is 230 g/mol. The van der Waals surface area contributed by atoms with Crippen LogP contribution in [0.4, 0.5) is 11.5 Å². The highest BCUT2D eigenvalue weighted by molar-refractivity contribution is 5.84. The Kier molecular flexibility index (Phi) is 4.03. The molecule has 9 heteroatoms. The first-order valence-corrected chi connectivity index (χ1v) is 4.56. The van der Waals surface area contributed by atoms with Gasteiger partial charge in [0.05, 0.1) is 12.9 Å². The van der Waals surface area contributed by atoms with Gasteiger partial charge in [-0.15, -0.1) is 0 Å². The first-order chi connectivity index (χ1) is 8.00. The number of nitrogens with two attached hydrogens (primary N) is 1. The van der Waals surface area contributed by atoms with Gasteiger partial charge in [0.25, 0.3) is 5.56 Å². The van der Waals surface area contributed by atoms with Gasteiger partial charge in [0, 0.05) is 0 Å². The molecule has 9 nitrogen and oxygen atoms in total. The zero-order chi connectivity index (χ0) is 12.8. The molecule has 0 aromatic carbocycles. The van der Waals surface area contributed by atoms with E-state index in [2.05, 4.69) is 20.6 Å². The van der Waals surface area contributed by atoms with Gasteiger partial charge in [0.1, 0.15) is 12.2 Å². The van der Waals surface area contributed by atoms with Gasteiger partial charge in [-0.05, 0) is 0 Å². The molecule has 0 aliphatic carbocycles. The molecule has 1 amide bonds. The predicted molar refractivity (Wildman–Crippen MR) is 58.4 cm³/mol. The Morgan fingerprint density at radius 1 is 1.47 bits per heavy atom. The van der Waals surface area contributed by atoms with Crippen molar-refractivity contribution in [2.75, 3.05) is 24.1 Å². The molecule has 0 spiro atoms. The van der Waals surface area contributed by atoms with Crippen LogP contribution in [0.3, 0.4) is 0 Å². The second-order valence-corrected chi connectivity index (χ2v) is 3.02. The SMILES string of the molecule is Nc1c(NCC(=O)NCC(=O)O)nc[nH]c1=O. The van der Waals surface area contributed by atoms with Crippen LogP contribution in [0.2, 0.25) is 0 Å². The van der Waals surface area contributed by atoms with E-state index in [1.807, 2.05) is 0 Å². The zero-order valence-corrected chi connectivity index (χ0v) is 8.69. The van der Waals surface area contributed by atoms with Gasteiger partial charge in [0.15, 0.2) is 5.82 Å². The lowest BCUT2D eigenvalue weighted by molar-refractivity contribution is -0.137. The number of nitrogens with one attached hydrogen (secondary N) is 3. The standard InChI is InChI=1S/C8H11N5O4/c9-6-7(12-3-13-8(6)17)11-1-4(14)10-2-5(15)16/h3H,1-2,9H2,(H,10,14)(H,15,16)(H2,11,12,13,17). The number of amides is 1. The van der Waals surface area contributed by atoms with E-state index < -0.39 is 24.0 Å². The van der Waals surface area contributed by atoms with E-state index in [0.717, 1.165) is 6.33 Å². The van der Waals surface area contributed by atoms with E-state index in [-0.39, 0.29) is 18.1 Å². The van der Waals surface area contributed by atoms with Gasteiger partial charge >= 0.3 is 5.97 Å². The van der Waals surface area contributed by atoms with E-state index >= 15 is 0 Å². The molecule has 1 aromatic rings. The van der Waals surface area contributed by atoms with Crippen molar-refractivity contribution < 1.29 is 14.7 Å². The molecule has 0 radical (unpaired) electrons. The number of nitrogens with zero attached hydrogens (tertiary/aromatic N) is 1. The lowest BCUT2D eigenvalue weighted by Gasteiger charge is -2.06.